The van der Waals surface area contributed by atoms with E-state index in [1.807, 2.05) is 36.4 Å². The highest BCUT2D eigenvalue weighted by atomic mass is 16.5. The van der Waals surface area contributed by atoms with E-state index in [1.54, 1.807) is 6.07 Å². The van der Waals surface area contributed by atoms with Gasteiger partial charge in [-0.05, 0) is 30.2 Å². The third-order valence-corrected chi connectivity index (χ3v) is 3.16. The van der Waals surface area contributed by atoms with E-state index in [1.165, 1.54) is 5.56 Å². The number of hydrogen-bond donors (Lipinski definition) is 0. The van der Waals surface area contributed by atoms with Crippen LogP contribution in [0.15, 0.2) is 48.5 Å². The molecular formula is C18H19NO2. The van der Waals surface area contributed by atoms with Crippen molar-refractivity contribution >= 4 is 0 Å². The summed E-state index contributed by atoms with van der Waals surface area (Å²) in [4.78, 5) is 0. The second-order valence-corrected chi connectivity index (χ2v) is 4.62. The van der Waals surface area contributed by atoms with Crippen molar-refractivity contribution in [3.05, 3.63) is 59.7 Å². The van der Waals surface area contributed by atoms with Crippen LogP contribution >= 0.6 is 0 Å². The Balaban J connectivity index is 1.77. The first-order chi connectivity index (χ1) is 10.3. The maximum Gasteiger partial charge on any atom is 0.137 e. The molecule has 0 amide bonds. The van der Waals surface area contributed by atoms with Crippen LogP contribution in [0.5, 0.6) is 11.5 Å². The lowest BCUT2D eigenvalue weighted by Crippen LogP contribution is -2.06. The number of nitrogens with zero attached hydrogens (tertiary/aromatic N) is 1. The summed E-state index contributed by atoms with van der Waals surface area (Å²) in [5.74, 6) is 1.58. The van der Waals surface area contributed by atoms with Gasteiger partial charge in [0.15, 0.2) is 0 Å². The van der Waals surface area contributed by atoms with Crippen molar-refractivity contribution in [1.82, 2.24) is 0 Å². The van der Waals surface area contributed by atoms with E-state index in [4.69, 9.17) is 14.7 Å². The number of ether oxygens (including phenoxy) is 2. The first-order valence-corrected chi connectivity index (χ1v) is 7.17. The molecule has 0 fully saturated rings. The monoisotopic (exact) mass is 281 g/mol. The molecule has 3 heteroatoms. The number of benzene rings is 2. The Bertz CT molecular complexity index is 617. The van der Waals surface area contributed by atoms with Gasteiger partial charge in [-0.1, -0.05) is 37.3 Å². The molecule has 0 spiro atoms. The molecular weight excluding hydrogens is 262 g/mol. The summed E-state index contributed by atoms with van der Waals surface area (Å²) in [6.07, 6.45) is 1.74. The summed E-state index contributed by atoms with van der Waals surface area (Å²) in [5, 5.41) is 8.97. The van der Waals surface area contributed by atoms with Crippen LogP contribution < -0.4 is 9.47 Å². The average Bonchev–Trinajstić information content (AvgIpc) is 2.55. The molecule has 0 saturated carbocycles. The average molecular weight is 281 g/mol. The SMILES string of the molecule is CCc1ccccc1OCCCOc1ccccc1C#N. The van der Waals surface area contributed by atoms with Crippen LogP contribution in [0, 0.1) is 11.3 Å². The highest BCUT2D eigenvalue weighted by Gasteiger charge is 2.02. The smallest absolute Gasteiger partial charge is 0.137 e. The minimum atomic E-state index is 0.535. The van der Waals surface area contributed by atoms with E-state index in [0.717, 1.165) is 18.6 Å². The van der Waals surface area contributed by atoms with Gasteiger partial charge in [-0.15, -0.1) is 0 Å². The zero-order valence-corrected chi connectivity index (χ0v) is 12.2. The number of hydrogen-bond acceptors (Lipinski definition) is 3. The van der Waals surface area contributed by atoms with Gasteiger partial charge in [0.25, 0.3) is 0 Å². The maximum absolute atomic E-state index is 8.97. The first-order valence-electron chi connectivity index (χ1n) is 7.17. The Morgan fingerprint density at radius 1 is 0.905 bits per heavy atom. The number of rotatable bonds is 7. The maximum atomic E-state index is 8.97. The molecule has 21 heavy (non-hydrogen) atoms. The van der Waals surface area contributed by atoms with Crippen LogP contribution in [0.4, 0.5) is 0 Å². The summed E-state index contributed by atoms with van der Waals surface area (Å²) in [6, 6.07) is 17.5. The Morgan fingerprint density at radius 2 is 1.52 bits per heavy atom. The summed E-state index contributed by atoms with van der Waals surface area (Å²) in [5.41, 5.74) is 1.78. The van der Waals surface area contributed by atoms with Crippen LogP contribution in [-0.4, -0.2) is 13.2 Å². The van der Waals surface area contributed by atoms with Crippen LogP contribution in [0.3, 0.4) is 0 Å². The summed E-state index contributed by atoms with van der Waals surface area (Å²) >= 11 is 0. The molecule has 2 rings (SSSR count). The van der Waals surface area contributed by atoms with Crippen molar-refractivity contribution in [3.8, 4) is 17.6 Å². The van der Waals surface area contributed by atoms with E-state index >= 15 is 0 Å². The van der Waals surface area contributed by atoms with E-state index in [9.17, 15) is 0 Å². The fraction of sp³-hybridized carbons (Fsp3) is 0.278. The van der Waals surface area contributed by atoms with Crippen molar-refractivity contribution in [2.24, 2.45) is 0 Å². The molecule has 0 bridgehead atoms. The Kier molecular flexibility index (Phi) is 5.66. The lowest BCUT2D eigenvalue weighted by Gasteiger charge is -2.11. The highest BCUT2D eigenvalue weighted by molar-refractivity contribution is 5.42. The Labute approximate surface area is 125 Å². The van der Waals surface area contributed by atoms with Gasteiger partial charge < -0.3 is 9.47 Å². The van der Waals surface area contributed by atoms with Crippen molar-refractivity contribution in [2.45, 2.75) is 19.8 Å². The van der Waals surface area contributed by atoms with Gasteiger partial charge in [-0.25, -0.2) is 0 Å². The molecule has 0 aliphatic heterocycles. The van der Waals surface area contributed by atoms with Crippen molar-refractivity contribution < 1.29 is 9.47 Å². The summed E-state index contributed by atoms with van der Waals surface area (Å²) < 4.78 is 11.4. The fourth-order valence-corrected chi connectivity index (χ4v) is 2.04. The zero-order valence-electron chi connectivity index (χ0n) is 12.2. The number of aryl methyl sites for hydroxylation is 1. The third kappa shape index (κ3) is 4.25. The molecule has 0 aromatic heterocycles. The topological polar surface area (TPSA) is 42.2 Å². The second kappa shape index (κ2) is 7.96. The van der Waals surface area contributed by atoms with Crippen LogP contribution in [0.25, 0.3) is 0 Å². The summed E-state index contributed by atoms with van der Waals surface area (Å²) in [7, 11) is 0. The molecule has 0 heterocycles. The predicted octanol–water partition coefficient (Wildman–Crippen LogP) is 3.97. The molecule has 0 N–H and O–H groups in total. The van der Waals surface area contributed by atoms with Crippen LogP contribution in [-0.2, 0) is 6.42 Å². The molecule has 2 aromatic carbocycles. The molecule has 0 aliphatic carbocycles. The fourth-order valence-electron chi connectivity index (χ4n) is 2.04. The van der Waals surface area contributed by atoms with Gasteiger partial charge in [0.2, 0.25) is 0 Å². The van der Waals surface area contributed by atoms with Crippen molar-refractivity contribution in [2.75, 3.05) is 13.2 Å². The molecule has 3 nitrogen and oxygen atoms in total. The van der Waals surface area contributed by atoms with Gasteiger partial charge in [0.05, 0.1) is 18.8 Å². The molecule has 0 aliphatic rings. The van der Waals surface area contributed by atoms with E-state index in [2.05, 4.69) is 19.1 Å². The van der Waals surface area contributed by atoms with Crippen molar-refractivity contribution in [3.63, 3.8) is 0 Å². The first kappa shape index (κ1) is 14.9. The van der Waals surface area contributed by atoms with Gasteiger partial charge in [-0.3, -0.25) is 0 Å². The largest absolute Gasteiger partial charge is 0.493 e. The quantitative estimate of drug-likeness (QED) is 0.721. The molecule has 0 saturated heterocycles. The minimum Gasteiger partial charge on any atom is -0.493 e. The number of para-hydroxylation sites is 2. The lowest BCUT2D eigenvalue weighted by atomic mass is 10.1. The highest BCUT2D eigenvalue weighted by Crippen LogP contribution is 2.19. The Morgan fingerprint density at radius 3 is 2.24 bits per heavy atom. The molecule has 0 atom stereocenters. The molecule has 0 unspecified atom stereocenters. The molecule has 2 aromatic rings. The van der Waals surface area contributed by atoms with Gasteiger partial charge >= 0.3 is 0 Å². The van der Waals surface area contributed by atoms with E-state index < -0.39 is 0 Å². The molecule has 108 valence electrons. The number of nitriles is 1. The van der Waals surface area contributed by atoms with E-state index in [-0.39, 0.29) is 0 Å². The van der Waals surface area contributed by atoms with Crippen molar-refractivity contribution in [1.29, 1.82) is 5.26 Å². The minimum absolute atomic E-state index is 0.535. The normalized spacial score (nSPS) is 9.90. The van der Waals surface area contributed by atoms with Gasteiger partial charge in [0.1, 0.15) is 17.6 Å². The summed E-state index contributed by atoms with van der Waals surface area (Å²) in [6.45, 7) is 3.25. The second-order valence-electron chi connectivity index (χ2n) is 4.62. The molecule has 0 radical (unpaired) electrons. The van der Waals surface area contributed by atoms with Gasteiger partial charge in [-0.2, -0.15) is 5.26 Å². The van der Waals surface area contributed by atoms with Gasteiger partial charge in [0, 0.05) is 6.42 Å². The lowest BCUT2D eigenvalue weighted by molar-refractivity contribution is 0.246. The van der Waals surface area contributed by atoms with Crippen LogP contribution in [0.1, 0.15) is 24.5 Å². The van der Waals surface area contributed by atoms with Crippen LogP contribution in [0.2, 0.25) is 0 Å². The van der Waals surface area contributed by atoms with E-state index in [0.29, 0.717) is 24.5 Å². The standard InChI is InChI=1S/C18H19NO2/c1-2-15-8-3-5-10-17(15)20-12-7-13-21-18-11-6-4-9-16(18)14-19/h3-6,8-11H,2,7,12-13H2,1H3. The predicted molar refractivity (Wildman–Crippen MR) is 82.6 cm³/mol. The Hall–Kier alpha value is -2.47. The third-order valence-electron chi connectivity index (χ3n) is 3.16. The zero-order chi connectivity index (χ0) is 14.9.